The molecule has 14 heteroatoms. The summed E-state index contributed by atoms with van der Waals surface area (Å²) >= 11 is 2.19. The Labute approximate surface area is 359 Å². The van der Waals surface area contributed by atoms with Crippen molar-refractivity contribution >= 4 is 23.4 Å². The van der Waals surface area contributed by atoms with E-state index in [9.17, 15) is 10.1 Å². The molecule has 6 heterocycles. The van der Waals surface area contributed by atoms with E-state index in [0.29, 0.717) is 46.1 Å². The van der Waals surface area contributed by atoms with Crippen LogP contribution >= 0.6 is 11.8 Å². The van der Waals surface area contributed by atoms with Crippen molar-refractivity contribution in [3.8, 4) is 6.07 Å². The molecule has 5 saturated heterocycles. The molecule has 1 spiro atoms. The third kappa shape index (κ3) is 8.92. The molecule has 0 bridgehead atoms. The minimum atomic E-state index is -0.185. The summed E-state index contributed by atoms with van der Waals surface area (Å²) in [5, 5.41) is 13.9. The minimum Gasteiger partial charge on any atom is -0.380 e. The monoisotopic (exact) mass is 837 g/mol. The molecule has 0 aromatic rings. The van der Waals surface area contributed by atoms with Gasteiger partial charge in [-0.15, -0.1) is 11.8 Å². The lowest BCUT2D eigenvalue weighted by Gasteiger charge is -2.45. The lowest BCUT2D eigenvalue weighted by Crippen LogP contribution is -2.63. The number of piperidine rings is 1. The number of methoxy groups -OCH3 is 1. The Morgan fingerprint density at radius 1 is 0.864 bits per heavy atom. The van der Waals surface area contributed by atoms with E-state index >= 15 is 0 Å². The highest BCUT2D eigenvalue weighted by atomic mass is 32.2. The van der Waals surface area contributed by atoms with Gasteiger partial charge in [0.05, 0.1) is 60.2 Å². The van der Waals surface area contributed by atoms with Crippen molar-refractivity contribution in [3.63, 3.8) is 0 Å². The first-order valence-corrected chi connectivity index (χ1v) is 24.9. The van der Waals surface area contributed by atoms with Crippen molar-refractivity contribution < 1.29 is 14.3 Å². The second-order valence-electron chi connectivity index (χ2n) is 20.5. The van der Waals surface area contributed by atoms with Crippen LogP contribution in [0.1, 0.15) is 130 Å². The molecule has 11 unspecified atom stereocenters. The van der Waals surface area contributed by atoms with Crippen LogP contribution in [-0.4, -0.2) is 131 Å². The Morgan fingerprint density at radius 2 is 1.59 bits per heavy atom. The molecule has 8 fully saturated rings. The molecule has 3 saturated carbocycles. The summed E-state index contributed by atoms with van der Waals surface area (Å²) in [6, 6.07) is 3.42. The normalized spacial score (nSPS) is 45.9. The van der Waals surface area contributed by atoms with Crippen molar-refractivity contribution in [2.75, 3.05) is 33.3 Å². The average Bonchev–Trinajstić information content (AvgIpc) is 3.92. The first-order valence-electron chi connectivity index (χ1n) is 24.0. The second-order valence-corrected chi connectivity index (χ2v) is 22.0. The molecule has 9 aliphatic rings. The van der Waals surface area contributed by atoms with E-state index in [1.54, 1.807) is 12.8 Å². The fourth-order valence-corrected chi connectivity index (χ4v) is 15.0. The molecule has 5 N–H and O–H groups in total. The number of rotatable bonds is 8. The topological polar surface area (TPSA) is 142 Å². The van der Waals surface area contributed by atoms with Gasteiger partial charge in [-0.3, -0.25) is 24.5 Å². The summed E-state index contributed by atoms with van der Waals surface area (Å²) < 4.78 is 12.1. The molecule has 12 atom stereocenters. The average molecular weight is 837 g/mol. The van der Waals surface area contributed by atoms with Crippen molar-refractivity contribution in [3.05, 3.63) is 0 Å². The number of carbonyl (C=O) groups excluding carboxylic acids is 1. The van der Waals surface area contributed by atoms with E-state index in [1.165, 1.54) is 58.0 Å². The van der Waals surface area contributed by atoms with Gasteiger partial charge in [-0.2, -0.15) is 5.26 Å². The van der Waals surface area contributed by atoms with Crippen LogP contribution in [0.5, 0.6) is 0 Å². The lowest BCUT2D eigenvalue weighted by molar-refractivity contribution is -0.126. The zero-order valence-electron chi connectivity index (χ0n) is 36.7. The maximum absolute atomic E-state index is 13.3. The number of thioether (sulfide) groups is 1. The summed E-state index contributed by atoms with van der Waals surface area (Å²) in [7, 11) is 1.70. The number of hydrogen-bond donors (Lipinski definition) is 5. The second kappa shape index (κ2) is 18.4. The first-order chi connectivity index (χ1) is 28.6. The SMILES string of the molecule is COC1CC(OC2CCC(NC(=O)C3CCC(N4CCC5(CCN(C6CCC(C7=N[C@@H](C)C8NNC(C)N8C8SC(C)C(C)C78)CC6)C5)CC4)NN3)CC2)CCC1C#N. The maximum atomic E-state index is 13.3. The highest BCUT2D eigenvalue weighted by Gasteiger charge is 2.54. The molecule has 0 aromatic carbocycles. The van der Waals surface area contributed by atoms with Gasteiger partial charge in [-0.1, -0.05) is 13.8 Å². The van der Waals surface area contributed by atoms with Crippen LogP contribution < -0.4 is 27.0 Å². The third-order valence-electron chi connectivity index (χ3n) is 17.1. The number of fused-ring (bicyclic) bond motifs is 3. The van der Waals surface area contributed by atoms with E-state index in [0.717, 1.165) is 76.9 Å². The molecule has 59 heavy (non-hydrogen) atoms. The molecule has 330 valence electrons. The van der Waals surface area contributed by atoms with E-state index in [1.807, 2.05) is 0 Å². The largest absolute Gasteiger partial charge is 0.380 e. The van der Waals surface area contributed by atoms with E-state index in [-0.39, 0.29) is 54.4 Å². The molecule has 6 aliphatic heterocycles. The van der Waals surface area contributed by atoms with Gasteiger partial charge in [0.2, 0.25) is 5.91 Å². The van der Waals surface area contributed by atoms with Crippen LogP contribution in [0.2, 0.25) is 0 Å². The highest BCUT2D eigenvalue weighted by Crippen LogP contribution is 2.51. The van der Waals surface area contributed by atoms with Gasteiger partial charge in [-0.05, 0) is 134 Å². The molecule has 1 amide bonds. The summed E-state index contributed by atoms with van der Waals surface area (Å²) in [6.45, 7) is 14.4. The van der Waals surface area contributed by atoms with Gasteiger partial charge in [-0.25, -0.2) is 21.7 Å². The molecular formula is C45H76N10O3S. The highest BCUT2D eigenvalue weighted by molar-refractivity contribution is 8.00. The third-order valence-corrected chi connectivity index (χ3v) is 18.8. The number of hydrogen-bond acceptors (Lipinski definition) is 13. The van der Waals surface area contributed by atoms with Crippen molar-refractivity contribution in [1.29, 1.82) is 5.26 Å². The summed E-state index contributed by atoms with van der Waals surface area (Å²) in [4.78, 5) is 27.2. The minimum absolute atomic E-state index is 0.0233. The van der Waals surface area contributed by atoms with Gasteiger partial charge in [0.15, 0.2) is 0 Å². The number of nitriles is 1. The van der Waals surface area contributed by atoms with Crippen LogP contribution in [0.25, 0.3) is 0 Å². The van der Waals surface area contributed by atoms with Crippen molar-refractivity contribution in [2.45, 2.75) is 202 Å². The van der Waals surface area contributed by atoms with Crippen LogP contribution in [0.4, 0.5) is 0 Å². The Bertz CT molecular complexity index is 1520. The predicted octanol–water partition coefficient (Wildman–Crippen LogP) is 4.71. The smallest absolute Gasteiger partial charge is 0.238 e. The zero-order chi connectivity index (χ0) is 40.8. The first kappa shape index (κ1) is 42.9. The Morgan fingerprint density at radius 3 is 2.29 bits per heavy atom. The summed E-state index contributed by atoms with van der Waals surface area (Å²) in [6.07, 6.45) is 18.7. The van der Waals surface area contributed by atoms with Gasteiger partial charge in [0.25, 0.3) is 0 Å². The summed E-state index contributed by atoms with van der Waals surface area (Å²) in [5.41, 5.74) is 16.1. The predicted molar refractivity (Wildman–Crippen MR) is 233 cm³/mol. The van der Waals surface area contributed by atoms with Gasteiger partial charge >= 0.3 is 0 Å². The Kier molecular flexibility index (Phi) is 13.4. The standard InChI is InChI=1S/C45H76N10O3S/c1-27-29(3)59-44-40(27)41(47-28(2)42-52-49-30(4)55(42)44)31-6-11-34(12-7-31)54-23-20-45(26-54)18-21-53(22-19-45)39-17-16-37(50-51-39)43(56)48-33-9-14-35(15-10-33)58-36-13-8-32(25-46)38(24-36)57-5/h27-40,42,44,49-52H,6-24,26H2,1-5H3,(H,48,56)/t27?,28-,29?,30?,31?,32?,33?,34?,35?,36?,37?,38?,39?,40?,42?,44?/m0/s1. The Balaban J connectivity index is 0.684. The van der Waals surface area contributed by atoms with Gasteiger partial charge in [0, 0.05) is 62.1 Å². The quantitative estimate of drug-likeness (QED) is 0.232. The number of hydrazine groups is 2. The van der Waals surface area contributed by atoms with Crippen LogP contribution in [0.3, 0.4) is 0 Å². The van der Waals surface area contributed by atoms with E-state index < -0.39 is 0 Å². The van der Waals surface area contributed by atoms with Gasteiger partial charge < -0.3 is 14.8 Å². The molecule has 13 nitrogen and oxygen atoms in total. The zero-order valence-corrected chi connectivity index (χ0v) is 37.6. The number of ether oxygens (including phenoxy) is 2. The number of nitrogens with zero attached hydrogens (tertiary/aromatic N) is 5. The number of aliphatic imine (C=N–C) groups is 1. The molecule has 0 aromatic heterocycles. The molecule has 9 rings (SSSR count). The maximum Gasteiger partial charge on any atom is 0.238 e. The lowest BCUT2D eigenvalue weighted by atomic mass is 9.74. The number of nitrogens with one attached hydrogen (secondary N) is 5. The molecular weight excluding hydrogens is 761 g/mol. The molecule has 3 aliphatic carbocycles. The fourth-order valence-electron chi connectivity index (χ4n) is 13.2. The van der Waals surface area contributed by atoms with Crippen molar-refractivity contribution in [2.24, 2.45) is 34.1 Å². The summed E-state index contributed by atoms with van der Waals surface area (Å²) in [5.74, 6) is 1.96. The number of carbonyl (C=O) groups is 1. The number of amides is 1. The molecule has 0 radical (unpaired) electrons. The number of likely N-dealkylation sites (tertiary alicyclic amines) is 2. The van der Waals surface area contributed by atoms with Crippen LogP contribution in [0, 0.1) is 40.4 Å². The van der Waals surface area contributed by atoms with Crippen LogP contribution in [-0.2, 0) is 14.3 Å². The van der Waals surface area contributed by atoms with E-state index in [2.05, 4.69) is 87.2 Å². The fraction of sp³-hybridized carbons (Fsp3) is 0.933. The Hall–Kier alpha value is -1.38. The van der Waals surface area contributed by atoms with E-state index in [4.69, 9.17) is 14.5 Å². The van der Waals surface area contributed by atoms with Crippen LogP contribution in [0.15, 0.2) is 4.99 Å². The van der Waals surface area contributed by atoms with Gasteiger partial charge in [0.1, 0.15) is 6.04 Å². The van der Waals surface area contributed by atoms with Crippen molar-refractivity contribution in [1.82, 2.24) is 41.7 Å².